The third kappa shape index (κ3) is 2.56. The maximum absolute atomic E-state index is 12.6. The van der Waals surface area contributed by atoms with Crippen molar-refractivity contribution >= 4 is 35.6 Å². The van der Waals surface area contributed by atoms with Gasteiger partial charge in [0, 0.05) is 7.05 Å². The van der Waals surface area contributed by atoms with Crippen molar-refractivity contribution in [3.63, 3.8) is 0 Å². The van der Waals surface area contributed by atoms with Gasteiger partial charge in [0.1, 0.15) is 5.56 Å². The normalized spacial score (nSPS) is 15.9. The Bertz CT molecular complexity index is 1000. The predicted molar refractivity (Wildman–Crippen MR) is 93.5 cm³/mol. The first-order chi connectivity index (χ1) is 11.4. The average molecular weight is 342 g/mol. The van der Waals surface area contributed by atoms with Crippen molar-refractivity contribution in [1.29, 1.82) is 0 Å². The summed E-state index contributed by atoms with van der Waals surface area (Å²) in [4.78, 5) is 27.1. The van der Waals surface area contributed by atoms with Crippen LogP contribution in [0.1, 0.15) is 12.5 Å². The maximum atomic E-state index is 12.6. The van der Waals surface area contributed by atoms with Crippen molar-refractivity contribution in [2.75, 3.05) is 5.01 Å². The standard InChI is InChI=1S/C16H14N4O3S/c1-9-11(8-12-13(21)17-16(24)19(2)14(12)22)15(23)20(18-9)10-6-4-3-5-7-10/h3-8,22H,1-2H3,(H,17,21,24). The maximum Gasteiger partial charge on any atom is 0.280 e. The summed E-state index contributed by atoms with van der Waals surface area (Å²) in [5, 5.41) is 15.6. The van der Waals surface area contributed by atoms with Crippen LogP contribution >= 0.6 is 12.2 Å². The second-order valence-electron chi connectivity index (χ2n) is 5.25. The lowest BCUT2D eigenvalue weighted by Gasteiger charge is -2.11. The number of carbonyl (C=O) groups is 1. The minimum Gasteiger partial charge on any atom is -0.494 e. The Labute approximate surface area is 142 Å². The fourth-order valence-corrected chi connectivity index (χ4v) is 2.51. The Balaban J connectivity index is 2.09. The zero-order valence-electron chi connectivity index (χ0n) is 13.0. The van der Waals surface area contributed by atoms with E-state index < -0.39 is 5.56 Å². The summed E-state index contributed by atoms with van der Waals surface area (Å²) in [6, 6.07) is 8.95. The van der Waals surface area contributed by atoms with Crippen molar-refractivity contribution in [2.24, 2.45) is 12.1 Å². The summed E-state index contributed by atoms with van der Waals surface area (Å²) >= 11 is 4.93. The summed E-state index contributed by atoms with van der Waals surface area (Å²) in [7, 11) is 1.52. The molecule has 0 aliphatic carbocycles. The van der Waals surface area contributed by atoms with E-state index in [4.69, 9.17) is 12.2 Å². The summed E-state index contributed by atoms with van der Waals surface area (Å²) in [5.74, 6) is -0.683. The number of amides is 1. The molecule has 1 aromatic heterocycles. The Hall–Kier alpha value is -3.00. The van der Waals surface area contributed by atoms with Gasteiger partial charge < -0.3 is 5.11 Å². The number of hydrogen-bond donors (Lipinski definition) is 2. The molecule has 0 fully saturated rings. The molecule has 0 radical (unpaired) electrons. The summed E-state index contributed by atoms with van der Waals surface area (Å²) in [5.41, 5.74) is 0.695. The van der Waals surface area contributed by atoms with Gasteiger partial charge >= 0.3 is 0 Å². The Morgan fingerprint density at radius 2 is 1.92 bits per heavy atom. The lowest BCUT2D eigenvalue weighted by molar-refractivity contribution is -0.114. The molecule has 7 nitrogen and oxygen atoms in total. The molecule has 2 aromatic rings. The smallest absolute Gasteiger partial charge is 0.280 e. The highest BCUT2D eigenvalue weighted by atomic mass is 32.1. The van der Waals surface area contributed by atoms with Crippen LogP contribution in [0.15, 0.2) is 45.8 Å². The van der Waals surface area contributed by atoms with Crippen LogP contribution in [0.3, 0.4) is 0 Å². The molecule has 8 heteroatoms. The van der Waals surface area contributed by atoms with E-state index >= 15 is 0 Å². The second-order valence-corrected chi connectivity index (χ2v) is 5.64. The number of anilines is 1. The van der Waals surface area contributed by atoms with Crippen LogP contribution < -0.4 is 10.6 Å². The molecule has 1 aliphatic rings. The first-order valence-electron chi connectivity index (χ1n) is 7.09. The van der Waals surface area contributed by atoms with Crippen molar-refractivity contribution in [1.82, 2.24) is 9.55 Å². The number of carbonyl (C=O) groups excluding carboxylic acids is 1. The van der Waals surface area contributed by atoms with E-state index in [2.05, 4.69) is 10.1 Å². The highest BCUT2D eigenvalue weighted by Gasteiger charge is 2.29. The van der Waals surface area contributed by atoms with Gasteiger partial charge in [-0.1, -0.05) is 18.2 Å². The Morgan fingerprint density at radius 1 is 1.25 bits per heavy atom. The fraction of sp³-hybridized carbons (Fsp3) is 0.125. The lowest BCUT2D eigenvalue weighted by atomic mass is 10.1. The van der Waals surface area contributed by atoms with Gasteiger partial charge in [-0.05, 0) is 37.4 Å². The number of aromatic nitrogens is 2. The Kier molecular flexibility index (Phi) is 3.90. The third-order valence-electron chi connectivity index (χ3n) is 3.68. The number of benzene rings is 1. The molecule has 0 unspecified atom stereocenters. The third-order valence-corrected chi connectivity index (χ3v) is 4.06. The molecular formula is C16H14N4O3S. The molecule has 1 amide bonds. The predicted octanol–water partition coefficient (Wildman–Crippen LogP) is 1.95. The summed E-state index contributed by atoms with van der Waals surface area (Å²) in [6.07, 6.45) is 1.33. The van der Waals surface area contributed by atoms with Gasteiger partial charge in [0.15, 0.2) is 4.77 Å². The average Bonchev–Trinajstić information content (AvgIpc) is 2.85. The summed E-state index contributed by atoms with van der Waals surface area (Å²) in [6.45, 7) is 1.67. The van der Waals surface area contributed by atoms with E-state index in [9.17, 15) is 14.7 Å². The molecule has 24 heavy (non-hydrogen) atoms. The van der Waals surface area contributed by atoms with E-state index in [1.807, 2.05) is 6.07 Å². The first kappa shape index (κ1) is 15.9. The highest BCUT2D eigenvalue weighted by Crippen LogP contribution is 2.25. The van der Waals surface area contributed by atoms with Crippen LogP contribution in [0.5, 0.6) is 5.88 Å². The van der Waals surface area contributed by atoms with Crippen LogP contribution in [0.2, 0.25) is 0 Å². The molecule has 0 saturated heterocycles. The monoisotopic (exact) mass is 342 g/mol. The molecule has 1 aromatic carbocycles. The van der Waals surface area contributed by atoms with E-state index in [1.54, 1.807) is 31.2 Å². The molecular weight excluding hydrogens is 328 g/mol. The van der Waals surface area contributed by atoms with Gasteiger partial charge in [0.25, 0.3) is 11.5 Å². The minimum absolute atomic E-state index is 0.0427. The SMILES string of the molecule is CC1=NN(c2ccccc2)C(=O)C1=Cc1c(O)n(C)c(=S)[nH]c1=O. The number of hydrazone groups is 1. The first-order valence-corrected chi connectivity index (χ1v) is 7.50. The van der Waals surface area contributed by atoms with Gasteiger partial charge in [-0.25, -0.2) is 0 Å². The molecule has 2 N–H and O–H groups in total. The lowest BCUT2D eigenvalue weighted by Crippen LogP contribution is -2.22. The number of H-pyrrole nitrogens is 1. The molecule has 0 saturated carbocycles. The topological polar surface area (TPSA) is 90.7 Å². The van der Waals surface area contributed by atoms with E-state index in [0.29, 0.717) is 11.4 Å². The molecule has 122 valence electrons. The quantitative estimate of drug-likeness (QED) is 0.645. The molecule has 3 rings (SSSR count). The van der Waals surface area contributed by atoms with Crippen molar-refractivity contribution in [3.05, 3.63) is 56.6 Å². The van der Waals surface area contributed by atoms with Gasteiger partial charge in [-0.3, -0.25) is 19.1 Å². The van der Waals surface area contributed by atoms with Crippen LogP contribution in [0.4, 0.5) is 5.69 Å². The number of rotatable bonds is 2. The molecule has 2 heterocycles. The molecule has 0 bridgehead atoms. The number of nitrogens with zero attached hydrogens (tertiary/aromatic N) is 3. The van der Waals surface area contributed by atoms with Gasteiger partial charge in [-0.2, -0.15) is 10.1 Å². The number of para-hydroxylation sites is 1. The zero-order chi connectivity index (χ0) is 17.4. The van der Waals surface area contributed by atoms with Crippen molar-refractivity contribution < 1.29 is 9.90 Å². The number of aromatic amines is 1. The molecule has 0 spiro atoms. The van der Waals surface area contributed by atoms with Crippen molar-refractivity contribution in [2.45, 2.75) is 6.92 Å². The minimum atomic E-state index is -0.568. The van der Waals surface area contributed by atoms with Crippen molar-refractivity contribution in [3.8, 4) is 5.88 Å². The Morgan fingerprint density at radius 3 is 2.58 bits per heavy atom. The van der Waals surface area contributed by atoms with Gasteiger partial charge in [0.2, 0.25) is 5.88 Å². The van der Waals surface area contributed by atoms with Crippen LogP contribution in [-0.2, 0) is 11.8 Å². The largest absolute Gasteiger partial charge is 0.494 e. The van der Waals surface area contributed by atoms with E-state index in [1.165, 1.54) is 22.7 Å². The van der Waals surface area contributed by atoms with Crippen LogP contribution in [0, 0.1) is 4.77 Å². The number of aromatic hydroxyl groups is 1. The van der Waals surface area contributed by atoms with Gasteiger partial charge in [0.05, 0.1) is 17.0 Å². The van der Waals surface area contributed by atoms with Gasteiger partial charge in [-0.15, -0.1) is 0 Å². The molecule has 1 aliphatic heterocycles. The molecule has 0 atom stereocenters. The number of nitrogens with one attached hydrogen (secondary N) is 1. The van der Waals surface area contributed by atoms with E-state index in [0.717, 1.165) is 0 Å². The second kappa shape index (κ2) is 5.89. The summed E-state index contributed by atoms with van der Waals surface area (Å²) < 4.78 is 1.35. The van der Waals surface area contributed by atoms with Crippen LogP contribution in [0.25, 0.3) is 6.08 Å². The number of hydrogen-bond acceptors (Lipinski definition) is 5. The van der Waals surface area contributed by atoms with E-state index in [-0.39, 0.29) is 27.7 Å². The fourth-order valence-electron chi connectivity index (χ4n) is 2.33. The zero-order valence-corrected chi connectivity index (χ0v) is 13.8. The highest BCUT2D eigenvalue weighted by molar-refractivity contribution is 7.71. The van der Waals surface area contributed by atoms with Crippen LogP contribution in [-0.4, -0.2) is 26.3 Å².